The van der Waals surface area contributed by atoms with Gasteiger partial charge in [0.15, 0.2) is 0 Å². The van der Waals surface area contributed by atoms with Crippen molar-refractivity contribution in [3.05, 3.63) is 35.4 Å². The van der Waals surface area contributed by atoms with E-state index in [0.717, 1.165) is 12.0 Å². The van der Waals surface area contributed by atoms with Gasteiger partial charge >= 0.3 is 0 Å². The minimum absolute atomic E-state index is 0.0572. The van der Waals surface area contributed by atoms with Crippen molar-refractivity contribution in [1.29, 1.82) is 0 Å². The van der Waals surface area contributed by atoms with Gasteiger partial charge in [-0.2, -0.15) is 0 Å². The third kappa shape index (κ3) is 5.11. The fraction of sp³-hybridized carbons (Fsp3) is 0.611. The smallest absolute Gasteiger partial charge is 0.251 e. The lowest BCUT2D eigenvalue weighted by Crippen LogP contribution is -2.31. The van der Waals surface area contributed by atoms with Gasteiger partial charge in [0.2, 0.25) is 0 Å². The summed E-state index contributed by atoms with van der Waals surface area (Å²) in [6.07, 6.45) is 5.33. The number of nitrogens with one attached hydrogen (secondary N) is 1. The SMILES string of the molecule is COCc1cccc(C(=O)NCCO[C@@H]2CCCC[C@@H]2C)c1. The molecule has 0 spiro atoms. The lowest BCUT2D eigenvalue weighted by Gasteiger charge is -2.28. The second-order valence-corrected chi connectivity index (χ2v) is 6.06. The van der Waals surface area contributed by atoms with E-state index in [9.17, 15) is 4.79 Å². The molecule has 1 aliphatic carbocycles. The fourth-order valence-electron chi connectivity index (χ4n) is 2.98. The highest BCUT2D eigenvalue weighted by atomic mass is 16.5. The Morgan fingerprint density at radius 1 is 1.32 bits per heavy atom. The van der Waals surface area contributed by atoms with Gasteiger partial charge in [-0.05, 0) is 36.5 Å². The molecule has 0 unspecified atom stereocenters. The molecule has 1 saturated carbocycles. The molecule has 0 radical (unpaired) electrons. The average molecular weight is 305 g/mol. The summed E-state index contributed by atoms with van der Waals surface area (Å²) in [5.41, 5.74) is 1.67. The van der Waals surface area contributed by atoms with Crippen molar-refractivity contribution in [3.8, 4) is 0 Å². The Morgan fingerprint density at radius 3 is 2.91 bits per heavy atom. The molecule has 1 N–H and O–H groups in total. The lowest BCUT2D eigenvalue weighted by atomic mass is 9.88. The van der Waals surface area contributed by atoms with Crippen molar-refractivity contribution < 1.29 is 14.3 Å². The zero-order valence-corrected chi connectivity index (χ0v) is 13.6. The molecule has 0 bridgehead atoms. The summed E-state index contributed by atoms with van der Waals surface area (Å²) in [6, 6.07) is 7.51. The van der Waals surface area contributed by atoms with E-state index >= 15 is 0 Å². The van der Waals surface area contributed by atoms with Gasteiger partial charge in [0.1, 0.15) is 0 Å². The Balaban J connectivity index is 1.72. The molecule has 122 valence electrons. The standard InChI is InChI=1S/C18H27NO3/c1-14-6-3-4-9-17(14)22-11-10-19-18(20)16-8-5-7-15(12-16)13-21-2/h5,7-8,12,14,17H,3-4,6,9-11,13H2,1-2H3,(H,19,20)/t14-,17+/m0/s1. The van der Waals surface area contributed by atoms with Crippen molar-refractivity contribution in [2.75, 3.05) is 20.3 Å². The van der Waals surface area contributed by atoms with Crippen LogP contribution in [0.1, 0.15) is 48.5 Å². The monoisotopic (exact) mass is 305 g/mol. The second-order valence-electron chi connectivity index (χ2n) is 6.06. The van der Waals surface area contributed by atoms with Gasteiger partial charge in [0.05, 0.1) is 19.3 Å². The van der Waals surface area contributed by atoms with Crippen LogP contribution in [0.3, 0.4) is 0 Å². The number of methoxy groups -OCH3 is 1. The Bertz CT molecular complexity index is 475. The van der Waals surface area contributed by atoms with E-state index in [4.69, 9.17) is 9.47 Å². The molecule has 4 heteroatoms. The maximum absolute atomic E-state index is 12.1. The average Bonchev–Trinajstić information content (AvgIpc) is 2.53. The molecule has 1 fully saturated rings. The third-order valence-electron chi connectivity index (χ3n) is 4.25. The van der Waals surface area contributed by atoms with Crippen molar-refractivity contribution in [3.63, 3.8) is 0 Å². The highest BCUT2D eigenvalue weighted by molar-refractivity contribution is 5.94. The molecule has 2 rings (SSSR count). The van der Waals surface area contributed by atoms with Gasteiger partial charge in [-0.1, -0.05) is 31.9 Å². The fourth-order valence-corrected chi connectivity index (χ4v) is 2.98. The summed E-state index contributed by atoms with van der Waals surface area (Å²) >= 11 is 0. The number of rotatable bonds is 7. The van der Waals surface area contributed by atoms with Crippen LogP contribution in [0.2, 0.25) is 0 Å². The number of carbonyl (C=O) groups excluding carboxylic acids is 1. The zero-order valence-electron chi connectivity index (χ0n) is 13.6. The molecule has 1 aliphatic rings. The molecule has 0 aromatic heterocycles. The van der Waals surface area contributed by atoms with Crippen LogP contribution >= 0.6 is 0 Å². The number of hydrogen-bond acceptors (Lipinski definition) is 3. The molecular formula is C18H27NO3. The van der Waals surface area contributed by atoms with E-state index in [1.54, 1.807) is 7.11 Å². The molecule has 1 aromatic rings. The lowest BCUT2D eigenvalue weighted by molar-refractivity contribution is -0.00293. The highest BCUT2D eigenvalue weighted by Crippen LogP contribution is 2.25. The van der Waals surface area contributed by atoms with Crippen LogP contribution in [0.25, 0.3) is 0 Å². The van der Waals surface area contributed by atoms with E-state index < -0.39 is 0 Å². The summed E-state index contributed by atoms with van der Waals surface area (Å²) in [5.74, 6) is 0.577. The van der Waals surface area contributed by atoms with Crippen LogP contribution in [0.5, 0.6) is 0 Å². The third-order valence-corrected chi connectivity index (χ3v) is 4.25. The van der Waals surface area contributed by atoms with Crippen LogP contribution in [0, 0.1) is 5.92 Å². The largest absolute Gasteiger partial charge is 0.380 e. The molecule has 4 nitrogen and oxygen atoms in total. The first kappa shape index (κ1) is 17.0. The quantitative estimate of drug-likeness (QED) is 0.787. The van der Waals surface area contributed by atoms with Crippen LogP contribution in [0.15, 0.2) is 24.3 Å². The van der Waals surface area contributed by atoms with Crippen molar-refractivity contribution >= 4 is 5.91 Å². The van der Waals surface area contributed by atoms with E-state index in [1.807, 2.05) is 24.3 Å². The van der Waals surface area contributed by atoms with Gasteiger partial charge in [0.25, 0.3) is 5.91 Å². The summed E-state index contributed by atoms with van der Waals surface area (Å²) in [5, 5.41) is 2.92. The molecule has 2 atom stereocenters. The molecule has 0 saturated heterocycles. The maximum Gasteiger partial charge on any atom is 0.251 e. The normalized spacial score (nSPS) is 21.5. The van der Waals surface area contributed by atoms with E-state index in [2.05, 4.69) is 12.2 Å². The molecular weight excluding hydrogens is 278 g/mol. The Morgan fingerprint density at radius 2 is 2.14 bits per heavy atom. The van der Waals surface area contributed by atoms with Gasteiger partial charge < -0.3 is 14.8 Å². The Labute approximate surface area is 133 Å². The number of amides is 1. The molecule has 1 amide bonds. The van der Waals surface area contributed by atoms with Crippen molar-refractivity contribution in [1.82, 2.24) is 5.32 Å². The van der Waals surface area contributed by atoms with E-state index in [0.29, 0.717) is 37.3 Å². The van der Waals surface area contributed by atoms with Crippen LogP contribution < -0.4 is 5.32 Å². The summed E-state index contributed by atoms with van der Waals surface area (Å²) in [6.45, 7) is 3.91. The second kappa shape index (κ2) is 8.91. The van der Waals surface area contributed by atoms with E-state index in [1.165, 1.54) is 19.3 Å². The van der Waals surface area contributed by atoms with Gasteiger partial charge in [-0.15, -0.1) is 0 Å². The first-order valence-electron chi connectivity index (χ1n) is 8.18. The predicted octanol–water partition coefficient (Wildman–Crippen LogP) is 3.16. The zero-order chi connectivity index (χ0) is 15.8. The van der Waals surface area contributed by atoms with Crippen molar-refractivity contribution in [2.45, 2.75) is 45.3 Å². The molecule has 22 heavy (non-hydrogen) atoms. The van der Waals surface area contributed by atoms with Crippen molar-refractivity contribution in [2.24, 2.45) is 5.92 Å². The summed E-state index contributed by atoms with van der Waals surface area (Å²) in [4.78, 5) is 12.1. The number of carbonyl (C=O) groups is 1. The maximum atomic E-state index is 12.1. The van der Waals surface area contributed by atoms with Gasteiger partial charge in [0, 0.05) is 19.2 Å². The predicted molar refractivity (Wildman–Crippen MR) is 86.9 cm³/mol. The van der Waals surface area contributed by atoms with E-state index in [-0.39, 0.29) is 5.91 Å². The van der Waals surface area contributed by atoms with Crippen LogP contribution in [-0.2, 0) is 16.1 Å². The minimum atomic E-state index is -0.0572. The Kier molecular flexibility index (Phi) is 6.87. The van der Waals surface area contributed by atoms with Gasteiger partial charge in [-0.25, -0.2) is 0 Å². The summed E-state index contributed by atoms with van der Waals surface area (Å²) < 4.78 is 11.0. The molecule has 0 aliphatic heterocycles. The Hall–Kier alpha value is -1.39. The van der Waals surface area contributed by atoms with Crippen LogP contribution in [-0.4, -0.2) is 32.3 Å². The number of ether oxygens (including phenoxy) is 2. The number of benzene rings is 1. The highest BCUT2D eigenvalue weighted by Gasteiger charge is 2.21. The minimum Gasteiger partial charge on any atom is -0.380 e. The summed E-state index contributed by atoms with van der Waals surface area (Å²) in [7, 11) is 1.65. The van der Waals surface area contributed by atoms with Crippen LogP contribution in [0.4, 0.5) is 0 Å². The number of hydrogen-bond donors (Lipinski definition) is 1. The first-order valence-corrected chi connectivity index (χ1v) is 8.18. The first-order chi connectivity index (χ1) is 10.7. The van der Waals surface area contributed by atoms with Gasteiger partial charge in [-0.3, -0.25) is 4.79 Å². The topological polar surface area (TPSA) is 47.6 Å². The molecule has 0 heterocycles. The molecule has 1 aromatic carbocycles.